The minimum Gasteiger partial charge on any atom is -0.385 e. The zero-order chi connectivity index (χ0) is 22.4. The highest BCUT2D eigenvalue weighted by molar-refractivity contribution is 6.34. The van der Waals surface area contributed by atoms with Crippen LogP contribution < -0.4 is 15.5 Å². The molecule has 2 aromatic rings. The lowest BCUT2D eigenvalue weighted by molar-refractivity contribution is -0.122. The van der Waals surface area contributed by atoms with Crippen molar-refractivity contribution in [1.82, 2.24) is 5.32 Å². The van der Waals surface area contributed by atoms with Gasteiger partial charge in [-0.3, -0.25) is 9.59 Å². The Morgan fingerprint density at radius 2 is 1.97 bits per heavy atom. The second-order valence-corrected chi connectivity index (χ2v) is 8.81. The smallest absolute Gasteiger partial charge is 0.259 e. The van der Waals surface area contributed by atoms with Crippen LogP contribution in [-0.4, -0.2) is 30.9 Å². The molecule has 0 saturated carbocycles. The van der Waals surface area contributed by atoms with Crippen molar-refractivity contribution in [2.75, 3.05) is 23.3 Å². The highest BCUT2D eigenvalue weighted by Crippen LogP contribution is 2.37. The third-order valence-electron chi connectivity index (χ3n) is 5.51. The van der Waals surface area contributed by atoms with Crippen molar-refractivity contribution in [1.29, 1.82) is 0 Å². The summed E-state index contributed by atoms with van der Waals surface area (Å²) in [5.41, 5.74) is 3.33. The Hall–Kier alpha value is -2.53. The Bertz CT molecular complexity index is 929. The number of rotatable bonds is 7. The lowest BCUT2D eigenvalue weighted by Gasteiger charge is -2.25. The topological polar surface area (TPSA) is 61.4 Å². The third-order valence-corrected chi connectivity index (χ3v) is 5.82. The van der Waals surface area contributed by atoms with Gasteiger partial charge in [0.15, 0.2) is 0 Å². The maximum atomic E-state index is 13.5. The van der Waals surface area contributed by atoms with Gasteiger partial charge < -0.3 is 15.5 Å². The van der Waals surface area contributed by atoms with Crippen LogP contribution in [0.2, 0.25) is 5.02 Å². The lowest BCUT2D eigenvalue weighted by atomic mass is 9.90. The predicted molar refractivity (Wildman–Crippen MR) is 128 cm³/mol. The number of nitrogens with one attached hydrogen (secondary N) is 2. The fourth-order valence-corrected chi connectivity index (χ4v) is 4.35. The molecule has 0 saturated heterocycles. The maximum absolute atomic E-state index is 13.5. The number of halogens is 1. The normalized spacial score (nSPS) is 15.9. The van der Waals surface area contributed by atoms with E-state index in [0.717, 1.165) is 42.7 Å². The fourth-order valence-electron chi connectivity index (χ4n) is 4.09. The first kappa shape index (κ1) is 23.1. The first-order chi connectivity index (χ1) is 14.9. The van der Waals surface area contributed by atoms with E-state index in [4.69, 9.17) is 11.6 Å². The van der Waals surface area contributed by atoms with Gasteiger partial charge in [-0.15, -0.1) is 0 Å². The molecule has 0 aromatic heterocycles. The van der Waals surface area contributed by atoms with Crippen LogP contribution in [0.3, 0.4) is 0 Å². The van der Waals surface area contributed by atoms with Gasteiger partial charge in [0.2, 0.25) is 5.91 Å². The van der Waals surface area contributed by atoms with Gasteiger partial charge in [0.25, 0.3) is 5.91 Å². The van der Waals surface area contributed by atoms with Crippen LogP contribution in [-0.2, 0) is 4.79 Å². The van der Waals surface area contributed by atoms with Crippen LogP contribution in [0.1, 0.15) is 68.3 Å². The van der Waals surface area contributed by atoms with Gasteiger partial charge in [-0.25, -0.2) is 0 Å². The molecule has 0 radical (unpaired) electrons. The number of fused-ring (bicyclic) bond motifs is 1. The molecule has 31 heavy (non-hydrogen) atoms. The molecule has 1 unspecified atom stereocenters. The Morgan fingerprint density at radius 1 is 1.19 bits per heavy atom. The summed E-state index contributed by atoms with van der Waals surface area (Å²) in [6.45, 7) is 7.49. The molecule has 3 rings (SSSR count). The number of nitrogens with zero attached hydrogens (tertiary/aromatic N) is 1. The van der Waals surface area contributed by atoms with E-state index in [-0.39, 0.29) is 23.8 Å². The van der Waals surface area contributed by atoms with Crippen LogP contribution in [0.25, 0.3) is 0 Å². The second kappa shape index (κ2) is 10.7. The van der Waals surface area contributed by atoms with Crippen LogP contribution in [0, 0.1) is 0 Å². The molecule has 1 atom stereocenters. The predicted octanol–water partition coefficient (Wildman–Crippen LogP) is 5.60. The molecule has 2 N–H and O–H groups in total. The number of amides is 2. The quantitative estimate of drug-likeness (QED) is 0.587. The summed E-state index contributed by atoms with van der Waals surface area (Å²) in [5.74, 6) is 0.0309. The van der Waals surface area contributed by atoms with Crippen molar-refractivity contribution in [2.45, 2.75) is 58.4 Å². The van der Waals surface area contributed by atoms with Crippen LogP contribution in [0.4, 0.5) is 11.4 Å². The van der Waals surface area contributed by atoms with Gasteiger partial charge in [0.1, 0.15) is 0 Å². The van der Waals surface area contributed by atoms with E-state index < -0.39 is 0 Å². The largest absolute Gasteiger partial charge is 0.385 e. The molecular weight excluding hydrogens is 410 g/mol. The van der Waals surface area contributed by atoms with Gasteiger partial charge in [-0.1, -0.05) is 36.7 Å². The first-order valence-corrected chi connectivity index (χ1v) is 11.5. The van der Waals surface area contributed by atoms with Crippen molar-refractivity contribution in [3.8, 4) is 0 Å². The molecule has 0 fully saturated rings. The van der Waals surface area contributed by atoms with Crippen LogP contribution in [0.15, 0.2) is 42.5 Å². The van der Waals surface area contributed by atoms with Crippen molar-refractivity contribution >= 4 is 34.8 Å². The van der Waals surface area contributed by atoms with E-state index in [1.807, 2.05) is 55.1 Å². The second-order valence-electron chi connectivity index (χ2n) is 8.40. The minimum absolute atomic E-state index is 0.0489. The van der Waals surface area contributed by atoms with Gasteiger partial charge in [-0.05, 0) is 68.9 Å². The maximum Gasteiger partial charge on any atom is 0.259 e. The van der Waals surface area contributed by atoms with Crippen molar-refractivity contribution in [3.63, 3.8) is 0 Å². The zero-order valence-electron chi connectivity index (χ0n) is 18.6. The summed E-state index contributed by atoms with van der Waals surface area (Å²) < 4.78 is 0. The lowest BCUT2D eigenvalue weighted by Crippen LogP contribution is -2.32. The number of benzene rings is 2. The van der Waals surface area contributed by atoms with Gasteiger partial charge in [0.05, 0.1) is 10.6 Å². The Balaban J connectivity index is 1.86. The molecule has 1 heterocycles. The average Bonchev–Trinajstić information content (AvgIpc) is 2.91. The third kappa shape index (κ3) is 5.79. The zero-order valence-corrected chi connectivity index (χ0v) is 19.3. The van der Waals surface area contributed by atoms with E-state index in [0.29, 0.717) is 23.6 Å². The Labute approximate surface area is 190 Å². The Morgan fingerprint density at radius 3 is 2.68 bits per heavy atom. The average molecular weight is 442 g/mol. The molecule has 0 aliphatic carbocycles. The molecule has 1 aliphatic heterocycles. The highest BCUT2D eigenvalue weighted by Gasteiger charge is 2.29. The van der Waals surface area contributed by atoms with Crippen LogP contribution >= 0.6 is 11.6 Å². The monoisotopic (exact) mass is 441 g/mol. The summed E-state index contributed by atoms with van der Waals surface area (Å²) in [4.78, 5) is 27.7. The van der Waals surface area contributed by atoms with Gasteiger partial charge in [0, 0.05) is 36.9 Å². The van der Waals surface area contributed by atoms with Crippen molar-refractivity contribution in [2.24, 2.45) is 0 Å². The molecule has 5 nitrogen and oxygen atoms in total. The molecule has 1 aliphatic rings. The number of hydrogen-bond acceptors (Lipinski definition) is 3. The SMILES string of the molecule is CCCNc1ccc(C(=O)N2CCCC(CC(=O)NC(C)C)c3ccccc32)c(Cl)c1. The molecular formula is C25H32ClN3O2. The van der Waals surface area contributed by atoms with E-state index in [9.17, 15) is 9.59 Å². The summed E-state index contributed by atoms with van der Waals surface area (Å²) in [6, 6.07) is 13.5. The summed E-state index contributed by atoms with van der Waals surface area (Å²) in [7, 11) is 0. The number of hydrogen-bond donors (Lipinski definition) is 2. The number of para-hydroxylation sites is 1. The number of carbonyl (C=O) groups excluding carboxylic acids is 2. The molecule has 0 bridgehead atoms. The summed E-state index contributed by atoms with van der Waals surface area (Å²) in [5, 5.41) is 6.73. The first-order valence-electron chi connectivity index (χ1n) is 11.1. The molecule has 6 heteroatoms. The molecule has 2 amide bonds. The van der Waals surface area contributed by atoms with Crippen LogP contribution in [0.5, 0.6) is 0 Å². The fraction of sp³-hybridized carbons (Fsp3) is 0.440. The van der Waals surface area contributed by atoms with Crippen molar-refractivity contribution < 1.29 is 9.59 Å². The van der Waals surface area contributed by atoms with E-state index in [2.05, 4.69) is 17.6 Å². The minimum atomic E-state index is -0.105. The van der Waals surface area contributed by atoms with Gasteiger partial charge >= 0.3 is 0 Å². The molecule has 166 valence electrons. The van der Waals surface area contributed by atoms with E-state index in [1.54, 1.807) is 6.07 Å². The van der Waals surface area contributed by atoms with E-state index >= 15 is 0 Å². The standard InChI is InChI=1S/C25H32ClN3O2/c1-4-13-27-19-11-12-21(22(26)16-19)25(31)29-14-7-8-18(15-24(30)28-17(2)3)20-9-5-6-10-23(20)29/h5-6,9-12,16-18,27H,4,7-8,13-15H2,1-3H3,(H,28,30). The number of carbonyl (C=O) groups is 2. The molecule has 2 aromatic carbocycles. The highest BCUT2D eigenvalue weighted by atomic mass is 35.5. The van der Waals surface area contributed by atoms with Crippen molar-refractivity contribution in [3.05, 3.63) is 58.6 Å². The number of anilines is 2. The Kier molecular flexibility index (Phi) is 7.97. The van der Waals surface area contributed by atoms with E-state index in [1.165, 1.54) is 0 Å². The molecule has 0 spiro atoms. The summed E-state index contributed by atoms with van der Waals surface area (Å²) >= 11 is 6.50. The summed E-state index contributed by atoms with van der Waals surface area (Å²) in [6.07, 6.45) is 3.13. The van der Waals surface area contributed by atoms with Gasteiger partial charge in [-0.2, -0.15) is 0 Å².